The fraction of sp³-hybridized carbons (Fsp3) is 0.333. The van der Waals surface area contributed by atoms with E-state index in [9.17, 15) is 14.0 Å². The molecule has 0 radical (unpaired) electrons. The Bertz CT molecular complexity index is 1310. The molecule has 0 bridgehead atoms. The van der Waals surface area contributed by atoms with Crippen LogP contribution in [0.25, 0.3) is 0 Å². The summed E-state index contributed by atoms with van der Waals surface area (Å²) in [5.74, 6) is -0.0176. The minimum absolute atomic E-state index is 0.105. The maximum absolute atomic E-state index is 13.8. The van der Waals surface area contributed by atoms with Crippen LogP contribution in [0.15, 0.2) is 53.3 Å². The van der Waals surface area contributed by atoms with Gasteiger partial charge in [-0.05, 0) is 48.7 Å². The van der Waals surface area contributed by atoms with Crippen LogP contribution < -0.4 is 10.5 Å². The second kappa shape index (κ2) is 11.6. The van der Waals surface area contributed by atoms with Crippen molar-refractivity contribution in [1.82, 2.24) is 14.9 Å². The number of benzene rings is 2. The Labute approximate surface area is 209 Å². The van der Waals surface area contributed by atoms with Gasteiger partial charge in [0.1, 0.15) is 5.82 Å². The summed E-state index contributed by atoms with van der Waals surface area (Å²) in [4.78, 5) is 37.1. The van der Waals surface area contributed by atoms with Crippen LogP contribution in [0.3, 0.4) is 0 Å². The second-order valence-electron chi connectivity index (χ2n) is 8.74. The summed E-state index contributed by atoms with van der Waals surface area (Å²) in [5, 5.41) is 9.04. The fourth-order valence-electron chi connectivity index (χ4n) is 4.20. The summed E-state index contributed by atoms with van der Waals surface area (Å²) in [6.45, 7) is 4.78. The lowest BCUT2D eigenvalue weighted by Crippen LogP contribution is -2.38. The first-order valence-electron chi connectivity index (χ1n) is 11.9. The van der Waals surface area contributed by atoms with Crippen molar-refractivity contribution >= 4 is 11.9 Å². The molecule has 0 atom stereocenters. The number of amides is 1. The molecular formula is C27H28FN5O3. The highest BCUT2D eigenvalue weighted by atomic mass is 19.1. The number of morpholine rings is 1. The van der Waals surface area contributed by atoms with Crippen LogP contribution >= 0.6 is 0 Å². The van der Waals surface area contributed by atoms with Crippen molar-refractivity contribution in [2.24, 2.45) is 0 Å². The van der Waals surface area contributed by atoms with E-state index in [0.29, 0.717) is 61.2 Å². The number of carbonyl (C=O) groups is 1. The van der Waals surface area contributed by atoms with Gasteiger partial charge in [-0.2, -0.15) is 5.26 Å². The van der Waals surface area contributed by atoms with Gasteiger partial charge in [-0.3, -0.25) is 14.6 Å². The van der Waals surface area contributed by atoms with Gasteiger partial charge >= 0.3 is 0 Å². The van der Waals surface area contributed by atoms with Crippen LogP contribution in [0.4, 0.5) is 10.3 Å². The van der Waals surface area contributed by atoms with Gasteiger partial charge in [-0.1, -0.05) is 24.3 Å². The molecule has 3 aromatic rings. The van der Waals surface area contributed by atoms with E-state index in [1.807, 2.05) is 4.90 Å². The van der Waals surface area contributed by atoms with E-state index in [2.05, 4.69) is 16.0 Å². The van der Waals surface area contributed by atoms with Gasteiger partial charge < -0.3 is 14.5 Å². The van der Waals surface area contributed by atoms with Gasteiger partial charge in [0.2, 0.25) is 11.9 Å². The molecule has 1 aromatic heterocycles. The number of aryl methyl sites for hydroxylation is 1. The van der Waals surface area contributed by atoms with Gasteiger partial charge in [0.25, 0.3) is 5.56 Å². The zero-order valence-corrected chi connectivity index (χ0v) is 20.2. The summed E-state index contributed by atoms with van der Waals surface area (Å²) in [5.41, 5.74) is 2.87. The first-order chi connectivity index (χ1) is 17.4. The minimum Gasteiger partial charge on any atom is -0.378 e. The van der Waals surface area contributed by atoms with E-state index in [1.54, 1.807) is 48.2 Å². The molecular weight excluding hydrogens is 461 g/mol. The van der Waals surface area contributed by atoms with E-state index in [4.69, 9.17) is 10.00 Å². The summed E-state index contributed by atoms with van der Waals surface area (Å²) in [6, 6.07) is 15.2. The van der Waals surface area contributed by atoms with Crippen molar-refractivity contribution in [3.05, 3.63) is 92.6 Å². The van der Waals surface area contributed by atoms with Crippen molar-refractivity contribution in [1.29, 1.82) is 5.26 Å². The number of nitrogens with one attached hydrogen (secondary N) is 1. The lowest BCUT2D eigenvalue weighted by molar-refractivity contribution is -0.132. The Hall–Kier alpha value is -4.03. The predicted octanol–water partition coefficient (Wildman–Crippen LogP) is 3.09. The monoisotopic (exact) mass is 489 g/mol. The summed E-state index contributed by atoms with van der Waals surface area (Å²) in [6.07, 6.45) is 0.345. The molecule has 1 aliphatic rings. The van der Waals surface area contributed by atoms with Crippen LogP contribution in [0.2, 0.25) is 0 Å². The van der Waals surface area contributed by atoms with Crippen LogP contribution in [-0.4, -0.2) is 47.1 Å². The molecule has 2 aromatic carbocycles. The predicted molar refractivity (Wildman–Crippen MR) is 133 cm³/mol. The van der Waals surface area contributed by atoms with E-state index in [1.165, 1.54) is 12.1 Å². The number of rotatable bonds is 8. The molecule has 1 amide bonds. The molecule has 9 heteroatoms. The van der Waals surface area contributed by atoms with Gasteiger partial charge in [-0.25, -0.2) is 9.37 Å². The number of hydrogen-bond donors (Lipinski definition) is 1. The highest BCUT2D eigenvalue weighted by Gasteiger charge is 2.19. The van der Waals surface area contributed by atoms with Crippen LogP contribution in [-0.2, 0) is 29.0 Å². The Balaban J connectivity index is 1.49. The maximum Gasteiger partial charge on any atom is 0.255 e. The molecule has 0 aliphatic carbocycles. The number of aromatic amines is 1. The molecule has 0 spiro atoms. The maximum atomic E-state index is 13.8. The van der Waals surface area contributed by atoms with Gasteiger partial charge in [0, 0.05) is 43.9 Å². The zero-order valence-electron chi connectivity index (χ0n) is 20.2. The largest absolute Gasteiger partial charge is 0.378 e. The number of nitriles is 1. The molecule has 0 unspecified atom stereocenters. The number of H-pyrrole nitrogens is 1. The molecule has 8 nitrogen and oxygen atoms in total. The molecule has 0 saturated carbocycles. The van der Waals surface area contributed by atoms with E-state index in [0.717, 1.165) is 5.56 Å². The topological polar surface area (TPSA) is 102 Å². The number of nitrogens with zero attached hydrogens (tertiary/aromatic N) is 4. The fourth-order valence-corrected chi connectivity index (χ4v) is 4.20. The van der Waals surface area contributed by atoms with Gasteiger partial charge in [0.05, 0.1) is 24.8 Å². The molecule has 4 rings (SSSR count). The van der Waals surface area contributed by atoms with E-state index >= 15 is 0 Å². The number of carbonyl (C=O) groups excluding carboxylic acids is 1. The highest BCUT2D eigenvalue weighted by Crippen LogP contribution is 2.16. The van der Waals surface area contributed by atoms with Crippen LogP contribution in [0.1, 0.15) is 34.4 Å². The van der Waals surface area contributed by atoms with Crippen molar-refractivity contribution in [3.8, 4) is 6.07 Å². The van der Waals surface area contributed by atoms with Gasteiger partial charge in [-0.15, -0.1) is 0 Å². The van der Waals surface area contributed by atoms with Crippen LogP contribution in [0.5, 0.6) is 0 Å². The normalized spacial score (nSPS) is 13.3. The Morgan fingerprint density at radius 1 is 1.17 bits per heavy atom. The third kappa shape index (κ3) is 6.34. The zero-order chi connectivity index (χ0) is 25.5. The second-order valence-corrected chi connectivity index (χ2v) is 8.74. The van der Waals surface area contributed by atoms with Crippen LogP contribution in [0, 0.1) is 24.1 Å². The molecule has 36 heavy (non-hydrogen) atoms. The quantitative estimate of drug-likeness (QED) is 0.522. The number of anilines is 1. The Morgan fingerprint density at radius 2 is 1.89 bits per heavy atom. The number of aromatic nitrogens is 2. The third-order valence-corrected chi connectivity index (χ3v) is 6.18. The molecule has 2 heterocycles. The number of ether oxygens (including phenoxy) is 1. The first kappa shape index (κ1) is 25.1. The average molecular weight is 490 g/mol. The number of halogens is 1. The van der Waals surface area contributed by atoms with Crippen molar-refractivity contribution in [3.63, 3.8) is 0 Å². The molecule has 186 valence electrons. The average Bonchev–Trinajstić information content (AvgIpc) is 2.88. The number of hydrogen-bond acceptors (Lipinski definition) is 6. The summed E-state index contributed by atoms with van der Waals surface area (Å²) < 4.78 is 19.1. The smallest absolute Gasteiger partial charge is 0.255 e. The minimum atomic E-state index is -0.369. The lowest BCUT2D eigenvalue weighted by Gasteiger charge is -2.27. The molecule has 1 fully saturated rings. The molecule has 1 saturated heterocycles. The summed E-state index contributed by atoms with van der Waals surface area (Å²) in [7, 11) is 0. The standard InChI is InChI=1S/C27H28FN5O3/c1-19-24(26(35)31-27(30-19)32-11-13-36-14-12-32)9-10-25(34)33(18-22-3-2-4-23(28)15-22)17-21-7-5-20(16-29)6-8-21/h2-8,15H,9-14,17-18H2,1H3,(H,30,31,35). The highest BCUT2D eigenvalue weighted by molar-refractivity contribution is 5.76. The molecule has 1 aliphatic heterocycles. The SMILES string of the molecule is Cc1nc(N2CCOCC2)[nH]c(=O)c1CCC(=O)N(Cc1ccc(C#N)cc1)Cc1cccc(F)c1. The molecule has 1 N–H and O–H groups in total. The third-order valence-electron chi connectivity index (χ3n) is 6.18. The van der Waals surface area contributed by atoms with Crippen molar-refractivity contribution < 1.29 is 13.9 Å². The first-order valence-corrected chi connectivity index (χ1v) is 11.9. The van der Waals surface area contributed by atoms with E-state index in [-0.39, 0.29) is 36.7 Å². The Kier molecular flexibility index (Phi) is 8.08. The van der Waals surface area contributed by atoms with E-state index < -0.39 is 0 Å². The van der Waals surface area contributed by atoms with Crippen molar-refractivity contribution in [2.45, 2.75) is 32.9 Å². The van der Waals surface area contributed by atoms with Crippen molar-refractivity contribution in [2.75, 3.05) is 31.2 Å². The Morgan fingerprint density at radius 3 is 2.56 bits per heavy atom. The lowest BCUT2D eigenvalue weighted by atomic mass is 10.1. The summed E-state index contributed by atoms with van der Waals surface area (Å²) >= 11 is 0. The van der Waals surface area contributed by atoms with Gasteiger partial charge in [0.15, 0.2) is 0 Å².